The second-order valence-electron chi connectivity index (χ2n) is 8.12. The first kappa shape index (κ1) is 18.2. The van der Waals surface area contributed by atoms with Gasteiger partial charge in [-0.15, -0.1) is 0 Å². The number of likely N-dealkylation sites (tertiary alicyclic amines) is 1. The van der Waals surface area contributed by atoms with Gasteiger partial charge in [0.05, 0.1) is 31.2 Å². The van der Waals surface area contributed by atoms with E-state index in [0.29, 0.717) is 19.1 Å². The number of rotatable bonds is 5. The molecule has 1 amide bonds. The Morgan fingerprint density at radius 3 is 2.56 bits per heavy atom. The number of nitrogens with zero attached hydrogens (tertiary/aromatic N) is 1. The van der Waals surface area contributed by atoms with Crippen LogP contribution < -0.4 is 0 Å². The van der Waals surface area contributed by atoms with Crippen LogP contribution in [0.4, 0.5) is 0 Å². The lowest BCUT2D eigenvalue weighted by Gasteiger charge is -2.28. The molecule has 3 aliphatic rings. The van der Waals surface area contributed by atoms with Crippen molar-refractivity contribution in [1.82, 2.24) is 4.90 Å². The summed E-state index contributed by atoms with van der Waals surface area (Å²) in [5.41, 5.74) is 1.68. The summed E-state index contributed by atoms with van der Waals surface area (Å²) in [6.07, 6.45) is 3.54. The van der Waals surface area contributed by atoms with Crippen molar-refractivity contribution in [3.8, 4) is 0 Å². The lowest BCUT2D eigenvalue weighted by molar-refractivity contribution is -0.153. The molecule has 5 atom stereocenters. The third-order valence-corrected chi connectivity index (χ3v) is 6.24. The second-order valence-corrected chi connectivity index (χ2v) is 8.12. The van der Waals surface area contributed by atoms with Crippen LogP contribution in [0.1, 0.15) is 50.8 Å². The smallest absolute Gasteiger partial charge is 0.312 e. The van der Waals surface area contributed by atoms with E-state index in [0.717, 1.165) is 5.56 Å². The molecule has 2 saturated heterocycles. The average molecular weight is 369 g/mol. The molecule has 0 aromatic heterocycles. The highest BCUT2D eigenvalue weighted by Crippen LogP contribution is 2.53. The molecule has 1 aromatic rings. The number of carbonyl (C=O) groups excluding carboxylic acids is 2. The van der Waals surface area contributed by atoms with Gasteiger partial charge in [0.2, 0.25) is 5.91 Å². The highest BCUT2D eigenvalue weighted by atomic mass is 16.6. The molecule has 0 aliphatic carbocycles. The Morgan fingerprint density at radius 1 is 1.26 bits per heavy atom. The number of carbonyl (C=O) groups is 2. The minimum absolute atomic E-state index is 0.0136. The Labute approximate surface area is 160 Å². The molecule has 144 valence electrons. The minimum Gasteiger partial charge on any atom is -0.466 e. The molecule has 2 bridgehead atoms. The molecule has 4 rings (SSSR count). The molecule has 2 fully saturated rings. The first-order valence-corrected chi connectivity index (χ1v) is 9.82. The Hall–Kier alpha value is -2.14. The summed E-state index contributed by atoms with van der Waals surface area (Å²) >= 11 is 0. The number of hydrogen-bond acceptors (Lipinski definition) is 4. The van der Waals surface area contributed by atoms with E-state index in [9.17, 15) is 9.59 Å². The maximum Gasteiger partial charge on any atom is 0.312 e. The molecule has 0 N–H and O–H groups in total. The molecule has 3 heterocycles. The van der Waals surface area contributed by atoms with Gasteiger partial charge in [-0.25, -0.2) is 0 Å². The van der Waals surface area contributed by atoms with Crippen LogP contribution in [0.5, 0.6) is 0 Å². The van der Waals surface area contributed by atoms with E-state index in [-0.39, 0.29) is 24.0 Å². The predicted octanol–water partition coefficient (Wildman–Crippen LogP) is 3.22. The van der Waals surface area contributed by atoms with Crippen molar-refractivity contribution < 1.29 is 19.1 Å². The molecular weight excluding hydrogens is 342 g/mol. The van der Waals surface area contributed by atoms with Gasteiger partial charge in [-0.05, 0) is 30.9 Å². The van der Waals surface area contributed by atoms with Gasteiger partial charge in [0, 0.05) is 0 Å². The Kier molecular flexibility index (Phi) is 4.38. The number of esters is 1. The first-order chi connectivity index (χ1) is 12.9. The zero-order chi connectivity index (χ0) is 19.3. The summed E-state index contributed by atoms with van der Waals surface area (Å²) in [7, 11) is 0. The van der Waals surface area contributed by atoms with Crippen molar-refractivity contribution in [2.45, 2.75) is 51.4 Å². The van der Waals surface area contributed by atoms with Crippen LogP contribution in [0.3, 0.4) is 0 Å². The number of hydrogen-bond donors (Lipinski definition) is 0. The largest absolute Gasteiger partial charge is 0.466 e. The summed E-state index contributed by atoms with van der Waals surface area (Å²) < 4.78 is 11.4. The molecule has 5 heteroatoms. The van der Waals surface area contributed by atoms with Crippen molar-refractivity contribution in [3.05, 3.63) is 47.5 Å². The van der Waals surface area contributed by atoms with Crippen LogP contribution in [0, 0.1) is 11.8 Å². The van der Waals surface area contributed by atoms with Crippen LogP contribution in [0.2, 0.25) is 0 Å². The molecule has 3 aliphatic heterocycles. The molecule has 5 nitrogen and oxygen atoms in total. The van der Waals surface area contributed by atoms with Gasteiger partial charge < -0.3 is 14.4 Å². The summed E-state index contributed by atoms with van der Waals surface area (Å²) in [5.74, 6) is -0.893. The number of ether oxygens (including phenoxy) is 2. The fourth-order valence-corrected chi connectivity index (χ4v) is 4.70. The Balaban J connectivity index is 1.59. The van der Waals surface area contributed by atoms with Gasteiger partial charge in [0.25, 0.3) is 0 Å². The lowest BCUT2D eigenvalue weighted by atomic mass is 9.77. The van der Waals surface area contributed by atoms with Crippen molar-refractivity contribution in [2.24, 2.45) is 11.8 Å². The second kappa shape index (κ2) is 6.48. The maximum absolute atomic E-state index is 13.3. The van der Waals surface area contributed by atoms with Crippen LogP contribution >= 0.6 is 0 Å². The minimum atomic E-state index is -0.689. The van der Waals surface area contributed by atoms with E-state index >= 15 is 0 Å². The van der Waals surface area contributed by atoms with Crippen LogP contribution in [0.15, 0.2) is 36.4 Å². The van der Waals surface area contributed by atoms with E-state index in [4.69, 9.17) is 9.47 Å². The van der Waals surface area contributed by atoms with E-state index < -0.39 is 17.4 Å². The van der Waals surface area contributed by atoms with Gasteiger partial charge in [-0.2, -0.15) is 0 Å². The number of amides is 1. The average Bonchev–Trinajstić information content (AvgIpc) is 3.29. The molecule has 5 unspecified atom stereocenters. The standard InChI is InChI=1S/C22H27NO4/c1-5-26-21(25)18-17-10-11-22(27-17)12-23(20(24)19(18)22)14(4)16-8-6-15(7-9-16)13(2)3/h6-11,13-14,17-19H,5,12H2,1-4H3. The van der Waals surface area contributed by atoms with Crippen LogP contribution in [-0.4, -0.2) is 41.6 Å². The molecular formula is C22H27NO4. The highest BCUT2D eigenvalue weighted by molar-refractivity contribution is 5.91. The molecule has 1 aromatic carbocycles. The molecule has 27 heavy (non-hydrogen) atoms. The zero-order valence-electron chi connectivity index (χ0n) is 16.3. The van der Waals surface area contributed by atoms with Gasteiger partial charge in [0.15, 0.2) is 0 Å². The van der Waals surface area contributed by atoms with E-state index in [1.54, 1.807) is 6.92 Å². The van der Waals surface area contributed by atoms with Gasteiger partial charge in [-0.1, -0.05) is 50.3 Å². The van der Waals surface area contributed by atoms with E-state index in [1.165, 1.54) is 5.56 Å². The van der Waals surface area contributed by atoms with E-state index in [2.05, 4.69) is 38.1 Å². The molecule has 0 saturated carbocycles. The first-order valence-electron chi connectivity index (χ1n) is 9.82. The zero-order valence-corrected chi connectivity index (χ0v) is 16.3. The van der Waals surface area contributed by atoms with Crippen LogP contribution in [0.25, 0.3) is 0 Å². The number of fused-ring (bicyclic) bond motifs is 1. The molecule has 1 spiro atoms. The third-order valence-electron chi connectivity index (χ3n) is 6.24. The molecule has 0 radical (unpaired) electrons. The summed E-state index contributed by atoms with van der Waals surface area (Å²) in [4.78, 5) is 27.6. The number of benzene rings is 1. The fourth-order valence-electron chi connectivity index (χ4n) is 4.70. The van der Waals surface area contributed by atoms with Crippen LogP contribution in [-0.2, 0) is 19.1 Å². The van der Waals surface area contributed by atoms with Crippen molar-refractivity contribution in [2.75, 3.05) is 13.2 Å². The van der Waals surface area contributed by atoms with E-state index in [1.807, 2.05) is 24.0 Å². The topological polar surface area (TPSA) is 55.8 Å². The Morgan fingerprint density at radius 2 is 1.93 bits per heavy atom. The third kappa shape index (κ3) is 2.71. The highest BCUT2D eigenvalue weighted by Gasteiger charge is 2.67. The fraction of sp³-hybridized carbons (Fsp3) is 0.545. The van der Waals surface area contributed by atoms with Gasteiger partial charge in [0.1, 0.15) is 11.5 Å². The summed E-state index contributed by atoms with van der Waals surface area (Å²) in [6, 6.07) is 8.36. The Bertz CT molecular complexity index is 784. The maximum atomic E-state index is 13.3. The predicted molar refractivity (Wildman–Crippen MR) is 101 cm³/mol. The van der Waals surface area contributed by atoms with Gasteiger partial charge >= 0.3 is 5.97 Å². The van der Waals surface area contributed by atoms with Crippen molar-refractivity contribution in [3.63, 3.8) is 0 Å². The van der Waals surface area contributed by atoms with Crippen molar-refractivity contribution in [1.29, 1.82) is 0 Å². The lowest BCUT2D eigenvalue weighted by Crippen LogP contribution is -2.40. The normalized spacial score (nSPS) is 32.3. The SMILES string of the molecule is CCOC(=O)C1C2C=CC3(CN(C(C)c4ccc(C(C)C)cc4)C(=O)C13)O2. The quantitative estimate of drug-likeness (QED) is 0.591. The monoisotopic (exact) mass is 369 g/mol. The van der Waals surface area contributed by atoms with Gasteiger partial charge in [-0.3, -0.25) is 9.59 Å². The summed E-state index contributed by atoms with van der Waals surface area (Å²) in [6.45, 7) is 8.93. The van der Waals surface area contributed by atoms with Crippen molar-refractivity contribution >= 4 is 11.9 Å². The summed E-state index contributed by atoms with van der Waals surface area (Å²) in [5, 5.41) is 0.